The summed E-state index contributed by atoms with van der Waals surface area (Å²) in [5.74, 6) is 0.0557. The number of anilines is 1. The molecule has 2 aromatic heterocycles. The van der Waals surface area contributed by atoms with Crippen molar-refractivity contribution in [1.29, 1.82) is 0 Å². The maximum atomic E-state index is 14.6. The van der Waals surface area contributed by atoms with Gasteiger partial charge in [-0.05, 0) is 62.1 Å². The quantitative estimate of drug-likeness (QED) is 0.738. The maximum Gasteiger partial charge on any atom is 0.323 e. The van der Waals surface area contributed by atoms with Crippen molar-refractivity contribution in [2.45, 2.75) is 18.9 Å². The molecule has 1 N–H and O–H groups in total. The molecule has 0 bridgehead atoms. The number of piperidine rings is 1. The van der Waals surface area contributed by atoms with Crippen LogP contribution in [0.15, 0.2) is 36.8 Å². The van der Waals surface area contributed by atoms with Crippen LogP contribution in [0.3, 0.4) is 0 Å². The van der Waals surface area contributed by atoms with Crippen molar-refractivity contribution in [3.05, 3.63) is 42.6 Å². The van der Waals surface area contributed by atoms with Crippen molar-refractivity contribution in [3.63, 3.8) is 0 Å². The maximum absolute atomic E-state index is 14.6. The van der Waals surface area contributed by atoms with Crippen molar-refractivity contribution in [2.24, 2.45) is 7.05 Å². The van der Waals surface area contributed by atoms with Crippen molar-refractivity contribution >= 4 is 22.6 Å². The highest BCUT2D eigenvalue weighted by molar-refractivity contribution is 5.93. The molecule has 0 unspecified atom stereocenters. The minimum absolute atomic E-state index is 0.199. The molecule has 1 aliphatic heterocycles. The van der Waals surface area contributed by atoms with Gasteiger partial charge in [-0.3, -0.25) is 10.00 Å². The molecule has 0 radical (unpaired) electrons. The molecule has 8 heteroatoms. The first kappa shape index (κ1) is 19.3. The van der Waals surface area contributed by atoms with Gasteiger partial charge in [0.15, 0.2) is 0 Å². The fourth-order valence-electron chi connectivity index (χ4n) is 3.76. The van der Waals surface area contributed by atoms with Crippen molar-refractivity contribution in [2.75, 3.05) is 32.5 Å². The molecule has 1 fully saturated rings. The van der Waals surface area contributed by atoms with Gasteiger partial charge in [0.25, 0.3) is 0 Å². The van der Waals surface area contributed by atoms with E-state index in [9.17, 15) is 9.18 Å². The van der Waals surface area contributed by atoms with Gasteiger partial charge in [0, 0.05) is 43.5 Å². The Morgan fingerprint density at radius 1 is 1.17 bits per heavy atom. The molecule has 29 heavy (non-hydrogen) atoms. The fraction of sp³-hybridized carbons (Fsp3) is 0.381. The molecular weight excluding hydrogens is 371 g/mol. The van der Waals surface area contributed by atoms with Gasteiger partial charge in [-0.15, -0.1) is 0 Å². The van der Waals surface area contributed by atoms with E-state index in [1.54, 1.807) is 21.8 Å². The number of carbonyl (C=O) groups is 1. The predicted molar refractivity (Wildman–Crippen MR) is 111 cm³/mol. The number of nitrogens with one attached hydrogen (secondary N) is 1. The first-order valence-corrected chi connectivity index (χ1v) is 9.71. The molecular formula is C21H25FN6O. The molecule has 152 valence electrons. The molecule has 0 aliphatic carbocycles. The van der Waals surface area contributed by atoms with Gasteiger partial charge in [0.1, 0.15) is 11.6 Å². The summed E-state index contributed by atoms with van der Waals surface area (Å²) in [5, 5.41) is 8.09. The number of carbonyl (C=O) groups excluding carboxylic acids is 1. The summed E-state index contributed by atoms with van der Waals surface area (Å²) >= 11 is 0. The van der Waals surface area contributed by atoms with E-state index < -0.39 is 0 Å². The van der Waals surface area contributed by atoms with Gasteiger partial charge in [0.2, 0.25) is 0 Å². The SMILES string of the molecule is CN1CCC(N(C)C(=O)Nc2cc3cc(-c4cnn(C)c4)cc(F)c3cn2)CC1. The van der Waals surface area contributed by atoms with Gasteiger partial charge in [-0.2, -0.15) is 5.10 Å². The molecule has 3 aromatic rings. The molecule has 4 rings (SSSR count). The highest BCUT2D eigenvalue weighted by atomic mass is 19.1. The topological polar surface area (TPSA) is 66.3 Å². The molecule has 1 saturated heterocycles. The molecule has 2 amide bonds. The first-order chi connectivity index (χ1) is 13.9. The third kappa shape index (κ3) is 4.07. The smallest absolute Gasteiger partial charge is 0.323 e. The Balaban J connectivity index is 1.55. The number of rotatable bonds is 3. The van der Waals surface area contributed by atoms with Crippen molar-refractivity contribution < 1.29 is 9.18 Å². The second-order valence-corrected chi connectivity index (χ2v) is 7.73. The number of hydrogen-bond donors (Lipinski definition) is 1. The lowest BCUT2D eigenvalue weighted by molar-refractivity contribution is 0.156. The van der Waals surface area contributed by atoms with E-state index in [2.05, 4.69) is 27.3 Å². The second kappa shape index (κ2) is 7.79. The van der Waals surface area contributed by atoms with E-state index in [-0.39, 0.29) is 17.9 Å². The third-order valence-corrected chi connectivity index (χ3v) is 5.62. The third-order valence-electron chi connectivity index (χ3n) is 5.62. The summed E-state index contributed by atoms with van der Waals surface area (Å²) in [6.45, 7) is 1.96. The van der Waals surface area contributed by atoms with Crippen LogP contribution in [0.4, 0.5) is 15.0 Å². The minimum atomic E-state index is -0.352. The van der Waals surface area contributed by atoms with E-state index in [1.165, 1.54) is 12.3 Å². The van der Waals surface area contributed by atoms with Crippen LogP contribution in [0.5, 0.6) is 0 Å². The van der Waals surface area contributed by atoms with Crippen LogP contribution in [-0.4, -0.2) is 63.8 Å². The number of amides is 2. The van der Waals surface area contributed by atoms with Crippen LogP contribution in [0.1, 0.15) is 12.8 Å². The number of pyridine rings is 1. The number of hydrogen-bond acceptors (Lipinski definition) is 4. The second-order valence-electron chi connectivity index (χ2n) is 7.73. The lowest BCUT2D eigenvalue weighted by atomic mass is 10.0. The number of likely N-dealkylation sites (tertiary alicyclic amines) is 1. The lowest BCUT2D eigenvalue weighted by Gasteiger charge is -2.34. The average Bonchev–Trinajstić information content (AvgIpc) is 3.14. The number of urea groups is 1. The zero-order chi connectivity index (χ0) is 20.5. The Morgan fingerprint density at radius 2 is 1.93 bits per heavy atom. The summed E-state index contributed by atoms with van der Waals surface area (Å²) < 4.78 is 16.2. The van der Waals surface area contributed by atoms with Crippen LogP contribution in [0, 0.1) is 5.82 Å². The Hall–Kier alpha value is -3.00. The van der Waals surface area contributed by atoms with E-state index in [4.69, 9.17) is 0 Å². The summed E-state index contributed by atoms with van der Waals surface area (Å²) in [7, 11) is 5.72. The number of benzene rings is 1. The number of aryl methyl sites for hydroxylation is 1. The lowest BCUT2D eigenvalue weighted by Crippen LogP contribution is -2.46. The van der Waals surface area contributed by atoms with Crippen LogP contribution in [-0.2, 0) is 7.05 Å². The molecule has 1 aliphatic rings. The highest BCUT2D eigenvalue weighted by Gasteiger charge is 2.24. The molecule has 0 atom stereocenters. The number of nitrogens with zero attached hydrogens (tertiary/aromatic N) is 5. The summed E-state index contributed by atoms with van der Waals surface area (Å²) in [4.78, 5) is 20.9. The summed E-state index contributed by atoms with van der Waals surface area (Å²) in [6.07, 6.45) is 6.89. The Morgan fingerprint density at radius 3 is 2.62 bits per heavy atom. The number of fused-ring (bicyclic) bond motifs is 1. The Bertz CT molecular complexity index is 1040. The van der Waals surface area contributed by atoms with E-state index >= 15 is 0 Å². The van der Waals surface area contributed by atoms with E-state index in [0.717, 1.165) is 37.1 Å². The Labute approximate surface area is 169 Å². The zero-order valence-electron chi connectivity index (χ0n) is 16.9. The van der Waals surface area contributed by atoms with Gasteiger partial charge >= 0.3 is 6.03 Å². The van der Waals surface area contributed by atoms with Gasteiger partial charge in [0.05, 0.1) is 6.20 Å². The number of aromatic nitrogens is 3. The van der Waals surface area contributed by atoms with Crippen LogP contribution >= 0.6 is 0 Å². The van der Waals surface area contributed by atoms with Gasteiger partial charge < -0.3 is 9.80 Å². The largest absolute Gasteiger partial charge is 0.324 e. The predicted octanol–water partition coefficient (Wildman–Crippen LogP) is 3.33. The van der Waals surface area contributed by atoms with Crippen LogP contribution in [0.25, 0.3) is 21.9 Å². The minimum Gasteiger partial charge on any atom is -0.324 e. The summed E-state index contributed by atoms with van der Waals surface area (Å²) in [6, 6.07) is 5.08. The molecule has 3 heterocycles. The van der Waals surface area contributed by atoms with Gasteiger partial charge in [-0.1, -0.05) is 0 Å². The summed E-state index contributed by atoms with van der Waals surface area (Å²) in [5.41, 5.74) is 1.56. The molecule has 0 saturated carbocycles. The van der Waals surface area contributed by atoms with E-state index in [0.29, 0.717) is 16.6 Å². The van der Waals surface area contributed by atoms with E-state index in [1.807, 2.05) is 26.4 Å². The molecule has 1 aromatic carbocycles. The average molecular weight is 396 g/mol. The monoisotopic (exact) mass is 396 g/mol. The zero-order valence-corrected chi connectivity index (χ0v) is 16.9. The first-order valence-electron chi connectivity index (χ1n) is 9.71. The van der Waals surface area contributed by atoms with Crippen LogP contribution < -0.4 is 5.32 Å². The van der Waals surface area contributed by atoms with Gasteiger partial charge in [-0.25, -0.2) is 14.2 Å². The van der Waals surface area contributed by atoms with Crippen molar-refractivity contribution in [3.8, 4) is 11.1 Å². The molecule has 7 nitrogen and oxygen atoms in total. The molecule has 0 spiro atoms. The van der Waals surface area contributed by atoms with Crippen LogP contribution in [0.2, 0.25) is 0 Å². The standard InChI is InChI=1S/C21H25FN6O/c1-26-6-4-17(5-7-26)28(3)21(29)25-20-10-15-8-14(16-11-24-27(2)13-16)9-19(22)18(15)12-23-20/h8-13,17H,4-7H2,1-3H3,(H,23,25,29). The number of halogens is 1. The fourth-order valence-corrected chi connectivity index (χ4v) is 3.76. The highest BCUT2D eigenvalue weighted by Crippen LogP contribution is 2.28. The van der Waals surface area contributed by atoms with Crippen molar-refractivity contribution in [1.82, 2.24) is 24.6 Å². The Kier molecular flexibility index (Phi) is 5.19. The normalized spacial score (nSPS) is 15.6.